The molecule has 0 spiro atoms. The third-order valence-electron chi connectivity index (χ3n) is 9.29. The lowest BCUT2D eigenvalue weighted by Crippen LogP contribution is -2.62. The lowest BCUT2D eigenvalue weighted by Gasteiger charge is -2.45. The van der Waals surface area contributed by atoms with Gasteiger partial charge >= 0.3 is 35.2 Å². The van der Waals surface area contributed by atoms with E-state index in [2.05, 4.69) is 39.3 Å². The Kier molecular flexibility index (Phi) is 26.5. The molecule has 0 aromatic rings. The van der Waals surface area contributed by atoms with Crippen LogP contribution in [0.5, 0.6) is 0 Å². The molecule has 21 heteroatoms. The minimum absolute atomic E-state index is 0.527. The third kappa shape index (κ3) is 19.9. The van der Waals surface area contributed by atoms with E-state index >= 15 is 0 Å². The van der Waals surface area contributed by atoms with E-state index < -0.39 is 60.2 Å². The van der Waals surface area contributed by atoms with Gasteiger partial charge in [-0.05, 0) is 96.4 Å². The molecular weight excluding hydrogens is 793 g/mol. The lowest BCUT2D eigenvalue weighted by molar-refractivity contribution is -0.291. The second-order valence-electron chi connectivity index (χ2n) is 14.8. The average Bonchev–Trinajstić information content (AvgIpc) is 3.10. The minimum atomic E-state index is -3.27. The lowest BCUT2D eigenvalue weighted by atomic mass is 10.3. The zero-order chi connectivity index (χ0) is 40.0. The highest BCUT2D eigenvalue weighted by atomic mass is 28.5. The quantitative estimate of drug-likeness (QED) is 0.0269. The van der Waals surface area contributed by atoms with Gasteiger partial charge in [-0.1, -0.05) is 6.42 Å². The van der Waals surface area contributed by atoms with Gasteiger partial charge in [0.2, 0.25) is 0 Å². The van der Waals surface area contributed by atoms with Gasteiger partial charge in [-0.15, -0.1) is 0 Å². The summed E-state index contributed by atoms with van der Waals surface area (Å²) < 4.78 is 74.0. The number of unbranched alkanes of at least 4 members (excludes halogenated alkanes) is 2. The van der Waals surface area contributed by atoms with Gasteiger partial charge in [-0.25, -0.2) is 9.78 Å². The highest BCUT2D eigenvalue weighted by Gasteiger charge is 2.53. The van der Waals surface area contributed by atoms with E-state index in [1.165, 1.54) is 0 Å². The molecule has 0 aliphatic rings. The summed E-state index contributed by atoms with van der Waals surface area (Å²) in [6.45, 7) is 16.7. The molecule has 314 valence electrons. The largest absolute Gasteiger partial charge is 0.500 e. The summed E-state index contributed by atoms with van der Waals surface area (Å²) in [6.07, 6.45) is 5.29. The van der Waals surface area contributed by atoms with Gasteiger partial charge in [-0.3, -0.25) is 0 Å². The van der Waals surface area contributed by atoms with E-state index in [1.54, 1.807) is 64.0 Å². The fraction of sp³-hybridized carbons (Fsp3) is 1.00. The molecule has 0 aromatic carbocycles. The van der Waals surface area contributed by atoms with Crippen molar-refractivity contribution in [3.63, 3.8) is 0 Å². The second-order valence-corrected chi connectivity index (χ2v) is 40.4. The summed E-state index contributed by atoms with van der Waals surface area (Å²) in [5, 5.41) is 0. The monoisotopic (exact) mass is 870 g/mol. The zero-order valence-electron chi connectivity index (χ0n) is 35.8. The summed E-state index contributed by atoms with van der Waals surface area (Å²) in [5.74, 6) is 0. The highest BCUT2D eigenvalue weighted by Crippen LogP contribution is 2.36. The smallest absolute Gasteiger partial charge is 0.417 e. The Balaban J connectivity index is 6.59. The maximum Gasteiger partial charge on any atom is 0.500 e. The second kappa shape index (κ2) is 26.1. The van der Waals surface area contributed by atoms with Crippen LogP contribution in [-0.2, 0) is 62.0 Å². The Labute approximate surface area is 325 Å². The molecule has 0 fully saturated rings. The van der Waals surface area contributed by atoms with Gasteiger partial charge < -0.3 is 52.2 Å². The molecule has 0 rings (SSSR count). The first-order valence-corrected chi connectivity index (χ1v) is 35.7. The van der Waals surface area contributed by atoms with Crippen LogP contribution in [0.3, 0.4) is 0 Å². The Morgan fingerprint density at radius 1 is 0.308 bits per heavy atom. The molecule has 0 radical (unpaired) electrons. The molecule has 0 heterocycles. The number of hydrogen-bond donors (Lipinski definition) is 0. The fourth-order valence-corrected chi connectivity index (χ4v) is 30.5. The molecule has 0 aromatic heterocycles. The molecule has 0 saturated carbocycles. The molecule has 52 heavy (non-hydrogen) atoms. The van der Waals surface area contributed by atoms with Gasteiger partial charge in [0.25, 0.3) is 0 Å². The van der Waals surface area contributed by atoms with E-state index in [0.29, 0.717) is 31.3 Å². The zero-order valence-corrected chi connectivity index (χ0v) is 42.8. The van der Waals surface area contributed by atoms with E-state index in [4.69, 9.17) is 62.0 Å². The predicted octanol–water partition coefficient (Wildman–Crippen LogP) is 7.53. The predicted molar refractivity (Wildman–Crippen MR) is 221 cm³/mol. The first kappa shape index (κ1) is 53.0. The summed E-state index contributed by atoms with van der Waals surface area (Å²) in [6, 6.07) is 5.53. The van der Waals surface area contributed by atoms with E-state index in [-0.39, 0.29) is 0 Å². The summed E-state index contributed by atoms with van der Waals surface area (Å²) in [4.78, 5) is 10.4. The Hall–Kier alpha value is 0.958. The topological polar surface area (TPSA) is 129 Å². The molecule has 0 N–H and O–H groups in total. The molecular formula is C31H78O14Si7. The SMILES string of the molecule is CCOOCCCCC[Si](O[Si](C)(C)CCC[Si](OC)(OC)OC)(O[Si](C)(C)CCC[Si](OC)(OC)OC)O[Si](C)(C)CCC[Si](OC)(OC)OC. The van der Waals surface area contributed by atoms with Crippen molar-refractivity contribution >= 4 is 60.2 Å². The van der Waals surface area contributed by atoms with Crippen LogP contribution in [0.15, 0.2) is 0 Å². The maximum absolute atomic E-state index is 7.49. The van der Waals surface area contributed by atoms with Crippen LogP contribution >= 0.6 is 0 Å². The van der Waals surface area contributed by atoms with Crippen molar-refractivity contribution < 1.29 is 62.0 Å². The Bertz CT molecular complexity index is 789. The van der Waals surface area contributed by atoms with Crippen molar-refractivity contribution in [3.8, 4) is 0 Å². The van der Waals surface area contributed by atoms with Crippen LogP contribution in [0.4, 0.5) is 0 Å². The summed E-state index contributed by atoms with van der Waals surface area (Å²) in [5.41, 5.74) is 0. The van der Waals surface area contributed by atoms with Gasteiger partial charge in [0.05, 0.1) is 13.2 Å². The van der Waals surface area contributed by atoms with Crippen LogP contribution in [0.25, 0.3) is 0 Å². The van der Waals surface area contributed by atoms with Crippen LogP contribution in [0.1, 0.15) is 45.4 Å². The van der Waals surface area contributed by atoms with E-state index in [9.17, 15) is 0 Å². The standard InChI is InChI=1S/C31H78O14Si7/c1-17-41-42-24-19-18-20-28-52(43-46(11,12)25-21-29-49(32-2,33-3)34-4,44-47(13,14)26-22-30-50(35-5,36-6)37-7)45-48(15,16)27-23-31-51(38-8,39-9)40-10/h17-31H2,1-16H3. The molecule has 0 saturated heterocycles. The highest BCUT2D eigenvalue weighted by molar-refractivity contribution is 6.90. The first-order valence-electron chi connectivity index (χ1n) is 18.7. The van der Waals surface area contributed by atoms with Gasteiger partial charge in [-0.2, -0.15) is 0 Å². The fourth-order valence-electron chi connectivity index (χ4n) is 6.31. The molecule has 14 nitrogen and oxygen atoms in total. The molecule has 0 amide bonds. The molecule has 0 aliphatic carbocycles. The maximum atomic E-state index is 7.49. The molecule has 0 unspecified atom stereocenters. The number of rotatable bonds is 35. The van der Waals surface area contributed by atoms with Crippen molar-refractivity contribution in [2.24, 2.45) is 0 Å². The van der Waals surface area contributed by atoms with Crippen LogP contribution in [-0.4, -0.2) is 137 Å². The first-order chi connectivity index (χ1) is 24.3. The van der Waals surface area contributed by atoms with Crippen molar-refractivity contribution in [1.29, 1.82) is 0 Å². The summed E-state index contributed by atoms with van der Waals surface area (Å²) >= 11 is 0. The molecule has 0 bridgehead atoms. The molecule has 0 aliphatic heterocycles. The Morgan fingerprint density at radius 2 is 0.596 bits per heavy atom. The minimum Gasteiger partial charge on any atom is -0.417 e. The molecule has 0 atom stereocenters. The Morgan fingerprint density at radius 3 is 0.865 bits per heavy atom. The van der Waals surface area contributed by atoms with Crippen LogP contribution in [0, 0.1) is 0 Å². The normalized spacial score (nSPS) is 14.1. The average molecular weight is 872 g/mol. The van der Waals surface area contributed by atoms with E-state index in [1.807, 2.05) is 6.92 Å². The van der Waals surface area contributed by atoms with Gasteiger partial charge in [0.1, 0.15) is 0 Å². The van der Waals surface area contributed by atoms with Crippen molar-refractivity contribution in [2.45, 2.75) is 127 Å². The number of hydrogen-bond acceptors (Lipinski definition) is 14. The van der Waals surface area contributed by atoms with Crippen molar-refractivity contribution in [1.82, 2.24) is 0 Å². The van der Waals surface area contributed by atoms with Crippen LogP contribution in [0.2, 0.25) is 81.6 Å². The van der Waals surface area contributed by atoms with Crippen molar-refractivity contribution in [3.05, 3.63) is 0 Å². The van der Waals surface area contributed by atoms with Gasteiger partial charge in [0, 0.05) is 88.2 Å². The van der Waals surface area contributed by atoms with Crippen LogP contribution < -0.4 is 0 Å². The van der Waals surface area contributed by atoms with Gasteiger partial charge in [0.15, 0.2) is 25.0 Å². The summed E-state index contributed by atoms with van der Waals surface area (Å²) in [7, 11) is -3.57. The van der Waals surface area contributed by atoms with Crippen molar-refractivity contribution in [2.75, 3.05) is 77.2 Å². The van der Waals surface area contributed by atoms with E-state index in [0.717, 1.165) is 62.7 Å². The third-order valence-corrected chi connectivity index (χ3v) is 33.8.